The molecule has 254 valence electrons. The number of nitrogen functional groups attached to an aromatic ring is 1. The van der Waals surface area contributed by atoms with Gasteiger partial charge in [0.15, 0.2) is 16.4 Å². The maximum absolute atomic E-state index is 13.8. The molecule has 1 aromatic heterocycles. The number of carboxylic acid groups (broad SMARTS) is 1. The fourth-order valence-corrected chi connectivity index (χ4v) is 6.13. The Hall–Kier alpha value is -5.38. The average Bonchev–Trinajstić information content (AvgIpc) is 3.01. The molecule has 0 aliphatic carbocycles. The predicted molar refractivity (Wildman–Crippen MR) is 172 cm³/mol. The molecule has 16 heteroatoms. The van der Waals surface area contributed by atoms with E-state index in [1.807, 2.05) is 50.2 Å². The van der Waals surface area contributed by atoms with E-state index in [1.165, 1.54) is 12.1 Å². The molecule has 0 radical (unpaired) electrons. The van der Waals surface area contributed by atoms with Gasteiger partial charge in [-0.3, -0.25) is 9.59 Å². The molecule has 6 N–H and O–H groups in total. The molecule has 4 aromatic rings. The van der Waals surface area contributed by atoms with Crippen molar-refractivity contribution in [1.29, 1.82) is 0 Å². The minimum absolute atomic E-state index is 0.0677. The number of sulfone groups is 1. The molecule has 48 heavy (non-hydrogen) atoms. The van der Waals surface area contributed by atoms with Crippen LogP contribution in [-0.2, 0) is 30.8 Å². The van der Waals surface area contributed by atoms with Gasteiger partial charge in [-0.25, -0.2) is 18.2 Å². The van der Waals surface area contributed by atoms with E-state index >= 15 is 0 Å². The summed E-state index contributed by atoms with van der Waals surface area (Å²) < 4.78 is 63.3. The number of halogens is 3. The summed E-state index contributed by atoms with van der Waals surface area (Å²) in [4.78, 5) is 39.6. The summed E-state index contributed by atoms with van der Waals surface area (Å²) in [7, 11) is -3.60. The van der Waals surface area contributed by atoms with Crippen LogP contribution in [0.25, 0.3) is 10.8 Å². The Morgan fingerprint density at radius 2 is 1.75 bits per heavy atom. The summed E-state index contributed by atoms with van der Waals surface area (Å²) in [5, 5.41) is 17.8. The van der Waals surface area contributed by atoms with E-state index in [1.54, 1.807) is 19.2 Å². The van der Waals surface area contributed by atoms with Crippen LogP contribution in [0.5, 0.6) is 5.75 Å². The van der Waals surface area contributed by atoms with Crippen LogP contribution in [0.15, 0.2) is 65.7 Å². The fourth-order valence-electron chi connectivity index (χ4n) is 5.01. The van der Waals surface area contributed by atoms with E-state index in [0.717, 1.165) is 21.9 Å². The van der Waals surface area contributed by atoms with Crippen LogP contribution in [-0.4, -0.2) is 54.8 Å². The van der Waals surface area contributed by atoms with E-state index in [9.17, 15) is 31.2 Å². The molecular weight excluding hydrogens is 655 g/mol. The molecule has 2 amide bonds. The second-order valence-electron chi connectivity index (χ2n) is 10.8. The van der Waals surface area contributed by atoms with Crippen LogP contribution in [0, 0.1) is 13.8 Å². The largest absolute Gasteiger partial charge is 0.490 e. The summed E-state index contributed by atoms with van der Waals surface area (Å²) in [6, 6.07) is 14.8. The number of carbonyl (C=O) groups is 3. The first kappa shape index (κ1) is 35.5. The SMILES string of the molecule is CCS(=O)(=O)c1ccc2cc1CNC(=O)C(Nc1ccc3c(N)nccc3c1)c1cc(C)c(c(C)c1)OCC(=O)N2.O=C(O)C(F)(F)F. The third-order valence-electron chi connectivity index (χ3n) is 7.29. The molecule has 0 spiro atoms. The minimum Gasteiger partial charge on any atom is -0.483 e. The monoisotopic (exact) mass is 687 g/mol. The quantitative estimate of drug-likeness (QED) is 0.202. The number of carboxylic acids is 1. The molecule has 1 unspecified atom stereocenters. The molecule has 2 aliphatic rings. The lowest BCUT2D eigenvalue weighted by atomic mass is 9.98. The number of aryl methyl sites for hydroxylation is 2. The highest BCUT2D eigenvalue weighted by molar-refractivity contribution is 7.91. The smallest absolute Gasteiger partial charge is 0.483 e. The number of nitrogens with one attached hydrogen (secondary N) is 3. The molecule has 3 heterocycles. The number of carbonyl (C=O) groups excluding carboxylic acids is 2. The molecule has 0 saturated heterocycles. The van der Waals surface area contributed by atoms with Gasteiger partial charge in [-0.15, -0.1) is 0 Å². The summed E-state index contributed by atoms with van der Waals surface area (Å²) in [6.07, 6.45) is -3.46. The van der Waals surface area contributed by atoms with Gasteiger partial charge in [0.2, 0.25) is 5.91 Å². The number of rotatable bonds is 4. The zero-order valence-electron chi connectivity index (χ0n) is 25.9. The number of aromatic nitrogens is 1. The van der Waals surface area contributed by atoms with Crippen molar-refractivity contribution in [3.63, 3.8) is 0 Å². The molecule has 12 nitrogen and oxygen atoms in total. The van der Waals surface area contributed by atoms with E-state index in [2.05, 4.69) is 20.9 Å². The van der Waals surface area contributed by atoms with Crippen molar-refractivity contribution >= 4 is 55.6 Å². The van der Waals surface area contributed by atoms with E-state index in [4.69, 9.17) is 20.4 Å². The number of nitrogens with zero attached hydrogens (tertiary/aromatic N) is 1. The zero-order valence-corrected chi connectivity index (χ0v) is 26.8. The maximum atomic E-state index is 13.8. The lowest BCUT2D eigenvalue weighted by Gasteiger charge is -2.23. The van der Waals surface area contributed by atoms with Crippen molar-refractivity contribution in [2.24, 2.45) is 0 Å². The number of benzene rings is 3. The third-order valence-corrected chi connectivity index (χ3v) is 9.12. The summed E-state index contributed by atoms with van der Waals surface area (Å²) >= 11 is 0. The number of ether oxygens (including phenoxy) is 1. The lowest BCUT2D eigenvalue weighted by Crippen LogP contribution is -2.33. The Kier molecular flexibility index (Phi) is 10.5. The first-order chi connectivity index (χ1) is 22.5. The van der Waals surface area contributed by atoms with Gasteiger partial charge in [-0.1, -0.05) is 6.92 Å². The number of hydrogen-bond acceptors (Lipinski definition) is 9. The molecular formula is C32H32F3N5O7S. The maximum Gasteiger partial charge on any atom is 0.490 e. The highest BCUT2D eigenvalue weighted by Crippen LogP contribution is 2.32. The van der Waals surface area contributed by atoms with Crippen LogP contribution in [0.3, 0.4) is 0 Å². The number of hydrogen-bond donors (Lipinski definition) is 5. The lowest BCUT2D eigenvalue weighted by molar-refractivity contribution is -0.192. The highest BCUT2D eigenvalue weighted by Gasteiger charge is 2.38. The summed E-state index contributed by atoms with van der Waals surface area (Å²) in [5.41, 5.74) is 9.66. The van der Waals surface area contributed by atoms with Gasteiger partial charge >= 0.3 is 12.1 Å². The van der Waals surface area contributed by atoms with Crippen LogP contribution in [0.1, 0.15) is 35.2 Å². The van der Waals surface area contributed by atoms with Crippen LogP contribution in [0.2, 0.25) is 0 Å². The van der Waals surface area contributed by atoms with Crippen LogP contribution >= 0.6 is 0 Å². The minimum atomic E-state index is -5.08. The zero-order chi connectivity index (χ0) is 35.4. The molecule has 0 saturated carbocycles. The first-order valence-electron chi connectivity index (χ1n) is 14.4. The molecule has 1 atom stereocenters. The van der Waals surface area contributed by atoms with Gasteiger partial charge in [0.25, 0.3) is 5.91 Å². The van der Waals surface area contributed by atoms with Crippen molar-refractivity contribution in [3.05, 3.63) is 83.0 Å². The fraction of sp³-hybridized carbons (Fsp3) is 0.250. The second kappa shape index (κ2) is 14.2. The van der Waals surface area contributed by atoms with Crippen molar-refractivity contribution in [1.82, 2.24) is 10.3 Å². The van der Waals surface area contributed by atoms with Gasteiger partial charge < -0.3 is 31.5 Å². The number of fused-ring (bicyclic) bond motifs is 9. The molecule has 0 fully saturated rings. The normalized spacial score (nSPS) is 15.2. The predicted octanol–water partition coefficient (Wildman–Crippen LogP) is 4.66. The Morgan fingerprint density at radius 1 is 1.08 bits per heavy atom. The van der Waals surface area contributed by atoms with Crippen molar-refractivity contribution < 1.29 is 45.8 Å². The Bertz CT molecular complexity index is 1980. The van der Waals surface area contributed by atoms with Crippen LogP contribution in [0.4, 0.5) is 30.4 Å². The molecule has 3 aromatic carbocycles. The van der Waals surface area contributed by atoms with Gasteiger partial charge in [0.05, 0.1) is 10.6 Å². The Morgan fingerprint density at radius 3 is 2.38 bits per heavy atom. The van der Waals surface area contributed by atoms with Crippen molar-refractivity contribution in [2.75, 3.05) is 28.7 Å². The number of anilines is 3. The standard InChI is InChI=1S/C30H31N5O5S.C2HF3O2/c1-4-41(38,39)25-8-6-22-14-21(25)15-33-30(37)27(35-23-5-7-24-19(13-23)9-10-32-29(24)31)20-11-17(2)28(18(3)12-20)40-16-26(36)34-22;3-2(4,5)1(6)7/h5-14,27,35H,4,15-16H2,1-3H3,(H2,31,32)(H,33,37)(H,34,36);(H,6,7). The van der Waals surface area contributed by atoms with Crippen molar-refractivity contribution in [3.8, 4) is 5.75 Å². The first-order valence-corrected chi connectivity index (χ1v) is 16.0. The molecule has 2 aliphatic heterocycles. The van der Waals surface area contributed by atoms with Crippen molar-refractivity contribution in [2.45, 2.75) is 44.4 Å². The molecule has 4 bridgehead atoms. The second-order valence-corrected chi connectivity index (χ2v) is 13.0. The van der Waals surface area contributed by atoms with Gasteiger partial charge in [-0.05, 0) is 96.1 Å². The van der Waals surface area contributed by atoms with E-state index in [-0.39, 0.29) is 29.7 Å². The number of nitrogens with two attached hydrogens (primary N) is 1. The summed E-state index contributed by atoms with van der Waals surface area (Å²) in [5.74, 6) is -2.66. The van der Waals surface area contributed by atoms with E-state index in [0.29, 0.717) is 34.1 Å². The Labute approximate surface area is 273 Å². The van der Waals surface area contributed by atoms with Gasteiger partial charge in [0.1, 0.15) is 17.6 Å². The topological polar surface area (TPSA) is 190 Å². The third kappa shape index (κ3) is 8.31. The number of pyridine rings is 1. The average molecular weight is 688 g/mol. The molecule has 6 rings (SSSR count). The number of alkyl halides is 3. The number of amides is 2. The van der Waals surface area contributed by atoms with Crippen LogP contribution < -0.4 is 26.4 Å². The van der Waals surface area contributed by atoms with Gasteiger partial charge in [-0.2, -0.15) is 13.2 Å². The van der Waals surface area contributed by atoms with E-state index < -0.39 is 33.9 Å². The highest BCUT2D eigenvalue weighted by atomic mass is 32.2. The Balaban J connectivity index is 0.000000671. The summed E-state index contributed by atoms with van der Waals surface area (Å²) in [6.45, 7) is 4.96. The van der Waals surface area contributed by atoms with Gasteiger partial charge in [0, 0.05) is 29.5 Å². The number of aliphatic carboxylic acids is 1.